The van der Waals surface area contributed by atoms with Crippen LogP contribution in [0.15, 0.2) is 64.5 Å². The van der Waals surface area contributed by atoms with Gasteiger partial charge in [0.25, 0.3) is 5.56 Å². The Morgan fingerprint density at radius 2 is 1.92 bits per heavy atom. The summed E-state index contributed by atoms with van der Waals surface area (Å²) in [6, 6.07) is 16.4. The third kappa shape index (κ3) is 5.34. The number of rotatable bonds is 9. The molecule has 2 aromatic carbocycles. The lowest BCUT2D eigenvalue weighted by molar-refractivity contribution is -0.113. The zero-order valence-corrected chi connectivity index (χ0v) is 22.0. The smallest absolute Gasteiger partial charge is 0.295 e. The summed E-state index contributed by atoms with van der Waals surface area (Å²) in [6.45, 7) is 6.26. The van der Waals surface area contributed by atoms with Crippen molar-refractivity contribution in [2.45, 2.75) is 38.6 Å². The Kier molecular flexibility index (Phi) is 7.85. The maximum Gasteiger partial charge on any atom is 0.295 e. The number of nitrogens with zero attached hydrogens (tertiary/aromatic N) is 5. The van der Waals surface area contributed by atoms with Crippen molar-refractivity contribution in [1.29, 1.82) is 0 Å². The molecule has 0 spiro atoms. The van der Waals surface area contributed by atoms with Crippen molar-refractivity contribution >= 4 is 35.0 Å². The summed E-state index contributed by atoms with van der Waals surface area (Å²) < 4.78 is 11.1. The molecule has 0 saturated carbocycles. The standard InChI is InChI=1S/C25H27ClN6O3S/c1-5-31-23(17(3)35-20-13-9-10-18(26)14-20)28-29-25(31)36-15-21(33)27-22-16(2)30(4)32(24(22)34)19-11-7-6-8-12-19/h6-14,17H,5,15H2,1-4H3,(H,27,33). The van der Waals surface area contributed by atoms with E-state index in [1.165, 1.54) is 16.4 Å². The molecule has 188 valence electrons. The van der Waals surface area contributed by atoms with Gasteiger partial charge in [0.2, 0.25) is 5.91 Å². The minimum absolute atomic E-state index is 0.0702. The van der Waals surface area contributed by atoms with Crippen molar-refractivity contribution in [1.82, 2.24) is 24.1 Å². The molecule has 1 amide bonds. The van der Waals surface area contributed by atoms with E-state index in [0.717, 1.165) is 5.69 Å². The lowest BCUT2D eigenvalue weighted by Gasteiger charge is -2.15. The van der Waals surface area contributed by atoms with Gasteiger partial charge in [-0.1, -0.05) is 47.6 Å². The highest BCUT2D eigenvalue weighted by Crippen LogP contribution is 2.26. The number of carbonyl (C=O) groups excluding carboxylic acids is 1. The van der Waals surface area contributed by atoms with Crippen LogP contribution in [0.25, 0.3) is 5.69 Å². The molecule has 1 N–H and O–H groups in total. The summed E-state index contributed by atoms with van der Waals surface area (Å²) >= 11 is 7.30. The molecule has 0 aliphatic carbocycles. The second kappa shape index (κ2) is 11.0. The first-order valence-electron chi connectivity index (χ1n) is 11.4. The van der Waals surface area contributed by atoms with Gasteiger partial charge >= 0.3 is 0 Å². The Morgan fingerprint density at radius 1 is 1.17 bits per heavy atom. The summed E-state index contributed by atoms with van der Waals surface area (Å²) in [5.41, 5.74) is 1.35. The minimum Gasteiger partial charge on any atom is -0.483 e. The van der Waals surface area contributed by atoms with E-state index in [2.05, 4.69) is 15.5 Å². The van der Waals surface area contributed by atoms with Gasteiger partial charge in [-0.15, -0.1) is 10.2 Å². The maximum atomic E-state index is 13.0. The van der Waals surface area contributed by atoms with Crippen LogP contribution in [0, 0.1) is 6.92 Å². The number of ether oxygens (including phenoxy) is 1. The number of benzene rings is 2. The van der Waals surface area contributed by atoms with Crippen LogP contribution in [-0.2, 0) is 18.4 Å². The van der Waals surface area contributed by atoms with Gasteiger partial charge in [-0.3, -0.25) is 14.3 Å². The van der Waals surface area contributed by atoms with E-state index in [9.17, 15) is 9.59 Å². The van der Waals surface area contributed by atoms with E-state index in [1.807, 2.05) is 60.9 Å². The molecule has 2 aromatic heterocycles. The van der Waals surface area contributed by atoms with E-state index < -0.39 is 0 Å². The van der Waals surface area contributed by atoms with Gasteiger partial charge in [-0.25, -0.2) is 4.68 Å². The van der Waals surface area contributed by atoms with Gasteiger partial charge in [0.05, 0.1) is 17.1 Å². The molecule has 0 bridgehead atoms. The highest BCUT2D eigenvalue weighted by Gasteiger charge is 2.21. The Balaban J connectivity index is 1.45. The Hall–Kier alpha value is -3.50. The van der Waals surface area contributed by atoms with Crippen molar-refractivity contribution in [3.63, 3.8) is 0 Å². The lowest BCUT2D eigenvalue weighted by atomic mass is 10.3. The fraction of sp³-hybridized carbons (Fsp3) is 0.280. The zero-order chi connectivity index (χ0) is 25.8. The number of carbonyl (C=O) groups is 1. The molecule has 0 fully saturated rings. The largest absolute Gasteiger partial charge is 0.483 e. The van der Waals surface area contributed by atoms with E-state index in [4.69, 9.17) is 16.3 Å². The average molecular weight is 527 g/mol. The van der Waals surface area contributed by atoms with Gasteiger partial charge < -0.3 is 14.6 Å². The fourth-order valence-corrected chi connectivity index (χ4v) is 4.81. The zero-order valence-electron chi connectivity index (χ0n) is 20.4. The normalized spacial score (nSPS) is 11.9. The third-order valence-electron chi connectivity index (χ3n) is 5.69. The molecule has 0 aliphatic rings. The summed E-state index contributed by atoms with van der Waals surface area (Å²) in [5, 5.41) is 12.5. The predicted molar refractivity (Wildman–Crippen MR) is 141 cm³/mol. The molecule has 1 atom stereocenters. The van der Waals surface area contributed by atoms with Crippen LogP contribution in [0.5, 0.6) is 5.75 Å². The number of thioether (sulfide) groups is 1. The van der Waals surface area contributed by atoms with Gasteiger partial charge in [0, 0.05) is 18.6 Å². The van der Waals surface area contributed by atoms with Gasteiger partial charge in [-0.2, -0.15) is 0 Å². The second-order valence-electron chi connectivity index (χ2n) is 8.08. The molecule has 11 heteroatoms. The van der Waals surface area contributed by atoms with Crippen molar-refractivity contribution in [3.05, 3.63) is 81.5 Å². The molecule has 9 nitrogen and oxygen atoms in total. The molecule has 2 heterocycles. The monoisotopic (exact) mass is 526 g/mol. The molecule has 0 saturated heterocycles. The highest BCUT2D eigenvalue weighted by molar-refractivity contribution is 7.99. The minimum atomic E-state index is -0.373. The second-order valence-corrected chi connectivity index (χ2v) is 9.45. The topological polar surface area (TPSA) is 96.0 Å². The average Bonchev–Trinajstić information content (AvgIpc) is 3.37. The number of aromatic nitrogens is 5. The van der Waals surface area contributed by atoms with E-state index in [-0.39, 0.29) is 29.0 Å². The van der Waals surface area contributed by atoms with Crippen LogP contribution in [-0.4, -0.2) is 35.8 Å². The fourth-order valence-electron chi connectivity index (χ4n) is 3.82. The number of hydrogen-bond donors (Lipinski definition) is 1. The van der Waals surface area contributed by atoms with Crippen molar-refractivity contribution in [3.8, 4) is 11.4 Å². The Labute approximate surface area is 218 Å². The maximum absolute atomic E-state index is 13.0. The first kappa shape index (κ1) is 25.6. The quantitative estimate of drug-likeness (QED) is 0.320. The molecule has 4 rings (SSSR count). The van der Waals surface area contributed by atoms with Crippen molar-refractivity contribution in [2.75, 3.05) is 11.1 Å². The number of hydrogen-bond acceptors (Lipinski definition) is 6. The highest BCUT2D eigenvalue weighted by atomic mass is 35.5. The number of amides is 1. The van der Waals surface area contributed by atoms with Gasteiger partial charge in [0.15, 0.2) is 17.1 Å². The molecular weight excluding hydrogens is 500 g/mol. The van der Waals surface area contributed by atoms with E-state index in [0.29, 0.717) is 34.0 Å². The molecule has 1 unspecified atom stereocenters. The predicted octanol–water partition coefficient (Wildman–Crippen LogP) is 4.62. The molecule has 0 radical (unpaired) electrons. The first-order chi connectivity index (χ1) is 17.3. The Morgan fingerprint density at radius 3 is 2.61 bits per heavy atom. The van der Waals surface area contributed by atoms with Gasteiger partial charge in [0.1, 0.15) is 11.4 Å². The van der Waals surface area contributed by atoms with Gasteiger partial charge in [-0.05, 0) is 51.1 Å². The van der Waals surface area contributed by atoms with Crippen molar-refractivity contribution < 1.29 is 9.53 Å². The SMILES string of the molecule is CCn1c(SCC(=O)Nc2c(C)n(C)n(-c3ccccc3)c2=O)nnc1C(C)Oc1cccc(Cl)c1. The molecular formula is C25H27ClN6O3S. The molecule has 36 heavy (non-hydrogen) atoms. The van der Waals surface area contributed by atoms with Crippen molar-refractivity contribution in [2.24, 2.45) is 7.05 Å². The number of nitrogens with one attached hydrogen (secondary N) is 1. The van der Waals surface area contributed by atoms with Crippen LogP contribution < -0.4 is 15.6 Å². The summed E-state index contributed by atoms with van der Waals surface area (Å²) in [4.78, 5) is 25.8. The number of para-hydroxylation sites is 1. The van der Waals surface area contributed by atoms with Crippen LogP contribution in [0.2, 0.25) is 5.02 Å². The summed E-state index contributed by atoms with van der Waals surface area (Å²) in [7, 11) is 1.78. The summed E-state index contributed by atoms with van der Waals surface area (Å²) in [6.07, 6.45) is -0.373. The summed E-state index contributed by atoms with van der Waals surface area (Å²) in [5.74, 6) is 1.04. The molecule has 0 aliphatic heterocycles. The molecule has 4 aromatic rings. The van der Waals surface area contributed by atoms with E-state index in [1.54, 1.807) is 30.8 Å². The third-order valence-corrected chi connectivity index (χ3v) is 6.89. The number of halogens is 1. The first-order valence-corrected chi connectivity index (χ1v) is 12.8. The van der Waals surface area contributed by atoms with Crippen LogP contribution in [0.3, 0.4) is 0 Å². The van der Waals surface area contributed by atoms with E-state index >= 15 is 0 Å². The van der Waals surface area contributed by atoms with Crippen LogP contribution in [0.4, 0.5) is 5.69 Å². The Bertz CT molecular complexity index is 1430. The van der Waals surface area contributed by atoms with Crippen LogP contribution in [0.1, 0.15) is 31.5 Å². The lowest BCUT2D eigenvalue weighted by Crippen LogP contribution is -2.23. The number of anilines is 1. The van der Waals surface area contributed by atoms with Crippen LogP contribution >= 0.6 is 23.4 Å².